The van der Waals surface area contributed by atoms with Crippen LogP contribution in [0.3, 0.4) is 0 Å². The van der Waals surface area contributed by atoms with Crippen LogP contribution in [0.5, 0.6) is 11.5 Å². The summed E-state index contributed by atoms with van der Waals surface area (Å²) in [5, 5.41) is 5.73. The summed E-state index contributed by atoms with van der Waals surface area (Å²) >= 11 is 0. The van der Waals surface area contributed by atoms with Crippen molar-refractivity contribution in [3.8, 4) is 11.5 Å². The molecule has 0 aliphatic carbocycles. The molecule has 29 heavy (non-hydrogen) atoms. The Kier molecular flexibility index (Phi) is 5.59. The van der Waals surface area contributed by atoms with Crippen molar-refractivity contribution >= 4 is 12.0 Å². The zero-order valence-electron chi connectivity index (χ0n) is 16.8. The summed E-state index contributed by atoms with van der Waals surface area (Å²) in [6.45, 7) is 6.89. The van der Waals surface area contributed by atoms with Gasteiger partial charge in [0.05, 0.1) is 31.0 Å². The lowest BCUT2D eigenvalue weighted by atomic mass is 9.94. The number of hydrogen-bond donors (Lipinski definition) is 4. The predicted octanol–water partition coefficient (Wildman–Crippen LogP) is -2.00. The fourth-order valence-corrected chi connectivity index (χ4v) is 4.01. The van der Waals surface area contributed by atoms with E-state index >= 15 is 0 Å². The van der Waals surface area contributed by atoms with Gasteiger partial charge in [0.1, 0.15) is 32.7 Å². The molecule has 1 aromatic carbocycles. The Morgan fingerprint density at radius 2 is 1.97 bits per heavy atom. The number of esters is 1. The topological polar surface area (TPSA) is 94.8 Å². The van der Waals surface area contributed by atoms with Gasteiger partial charge >= 0.3 is 12.0 Å². The first-order chi connectivity index (χ1) is 14.0. The van der Waals surface area contributed by atoms with E-state index in [1.807, 2.05) is 12.1 Å². The van der Waals surface area contributed by atoms with E-state index in [9.17, 15) is 9.59 Å². The van der Waals surface area contributed by atoms with Gasteiger partial charge in [0, 0.05) is 0 Å². The maximum Gasteiger partial charge on any atom is 0.338 e. The monoisotopic (exact) mass is 404 g/mol. The Morgan fingerprint density at radius 3 is 2.72 bits per heavy atom. The molecule has 0 spiro atoms. The van der Waals surface area contributed by atoms with E-state index in [2.05, 4.69) is 17.7 Å². The quantitative estimate of drug-likeness (QED) is 0.426. The molecule has 1 aromatic rings. The molecule has 1 atom stereocenters. The number of ether oxygens (including phenoxy) is 3. The molecule has 1 saturated heterocycles. The Hall–Kier alpha value is -2.78. The molecule has 9 nitrogen and oxygen atoms in total. The van der Waals surface area contributed by atoms with Gasteiger partial charge in [0.2, 0.25) is 6.79 Å². The van der Waals surface area contributed by atoms with Crippen molar-refractivity contribution in [3.05, 3.63) is 35.0 Å². The summed E-state index contributed by atoms with van der Waals surface area (Å²) in [7, 11) is 2.18. The van der Waals surface area contributed by atoms with Gasteiger partial charge in [-0.05, 0) is 24.6 Å². The SMILES string of the molecule is CCOC(=O)C1=C(C[NH+]2CC[NH+](C)CC2)NC(=O)N[C@H]1c1ccc2c(c1)OCO2. The minimum atomic E-state index is -0.607. The molecule has 0 saturated carbocycles. The fraction of sp³-hybridized carbons (Fsp3) is 0.500. The Balaban J connectivity index is 1.68. The lowest BCUT2D eigenvalue weighted by molar-refractivity contribution is -1.00. The third-order valence-electron chi connectivity index (χ3n) is 5.62. The van der Waals surface area contributed by atoms with E-state index in [4.69, 9.17) is 14.2 Å². The number of likely N-dealkylation sites (N-methyl/N-ethyl adjacent to an activating group) is 1. The molecule has 1 fully saturated rings. The molecule has 2 amide bonds. The second kappa shape index (κ2) is 8.30. The molecule has 3 heterocycles. The number of nitrogens with one attached hydrogen (secondary N) is 4. The highest BCUT2D eigenvalue weighted by molar-refractivity contribution is 5.95. The number of fused-ring (bicyclic) bond motifs is 1. The van der Waals surface area contributed by atoms with Crippen LogP contribution in [0.2, 0.25) is 0 Å². The molecule has 4 N–H and O–H groups in total. The van der Waals surface area contributed by atoms with Gasteiger partial charge in [-0.25, -0.2) is 9.59 Å². The van der Waals surface area contributed by atoms with Crippen LogP contribution in [0.4, 0.5) is 4.79 Å². The summed E-state index contributed by atoms with van der Waals surface area (Å²) in [6, 6.07) is 4.51. The maximum absolute atomic E-state index is 12.9. The summed E-state index contributed by atoms with van der Waals surface area (Å²) in [5.74, 6) is 0.838. The van der Waals surface area contributed by atoms with Crippen LogP contribution < -0.4 is 29.9 Å². The van der Waals surface area contributed by atoms with Crippen molar-refractivity contribution in [2.24, 2.45) is 0 Å². The van der Waals surface area contributed by atoms with Crippen LogP contribution in [0, 0.1) is 0 Å². The minimum Gasteiger partial charge on any atom is -0.463 e. The highest BCUT2D eigenvalue weighted by Gasteiger charge is 2.36. The van der Waals surface area contributed by atoms with Crippen LogP contribution in [0.1, 0.15) is 18.5 Å². The van der Waals surface area contributed by atoms with Crippen molar-refractivity contribution in [1.29, 1.82) is 0 Å². The molecule has 0 radical (unpaired) electrons. The van der Waals surface area contributed by atoms with Crippen LogP contribution in [-0.2, 0) is 9.53 Å². The standard InChI is InChI=1S/C20H26N4O5/c1-3-27-19(25)17-14(11-24-8-6-23(2)7-9-24)21-20(26)22-18(17)13-4-5-15-16(10-13)29-12-28-15/h4-5,10,18H,3,6-9,11-12H2,1-2H3,(H2,21,22,26)/p+2/t18-/m0/s1. The van der Waals surface area contributed by atoms with Crippen molar-refractivity contribution in [1.82, 2.24) is 10.6 Å². The van der Waals surface area contributed by atoms with Gasteiger partial charge in [-0.3, -0.25) is 0 Å². The zero-order valence-corrected chi connectivity index (χ0v) is 16.8. The van der Waals surface area contributed by atoms with Gasteiger partial charge in [-0.15, -0.1) is 0 Å². The van der Waals surface area contributed by atoms with Crippen LogP contribution in [0.15, 0.2) is 29.5 Å². The third kappa shape index (κ3) is 4.15. The number of hydrogen-bond acceptors (Lipinski definition) is 5. The molecule has 0 bridgehead atoms. The normalized spacial score (nSPS) is 26.0. The Bertz CT molecular complexity index is 832. The predicted molar refractivity (Wildman–Crippen MR) is 103 cm³/mol. The molecule has 0 unspecified atom stereocenters. The first-order valence-electron chi connectivity index (χ1n) is 10.1. The van der Waals surface area contributed by atoms with Gasteiger partial charge < -0.3 is 34.6 Å². The number of benzene rings is 1. The molecule has 3 aliphatic heterocycles. The van der Waals surface area contributed by atoms with Crippen LogP contribution >= 0.6 is 0 Å². The Morgan fingerprint density at radius 1 is 1.21 bits per heavy atom. The van der Waals surface area contributed by atoms with E-state index < -0.39 is 12.0 Å². The molecule has 9 heteroatoms. The van der Waals surface area contributed by atoms with E-state index in [-0.39, 0.29) is 19.4 Å². The van der Waals surface area contributed by atoms with Gasteiger partial charge in [-0.1, -0.05) is 6.07 Å². The molecule has 156 valence electrons. The highest BCUT2D eigenvalue weighted by atomic mass is 16.7. The first kappa shape index (κ1) is 19.5. The average Bonchev–Trinajstić information content (AvgIpc) is 3.17. The summed E-state index contributed by atoms with van der Waals surface area (Å²) in [6.07, 6.45) is 0. The van der Waals surface area contributed by atoms with Crippen molar-refractivity contribution in [3.63, 3.8) is 0 Å². The van der Waals surface area contributed by atoms with E-state index in [0.29, 0.717) is 29.3 Å². The third-order valence-corrected chi connectivity index (χ3v) is 5.62. The largest absolute Gasteiger partial charge is 0.463 e. The number of amides is 2. The number of piperazine rings is 1. The summed E-state index contributed by atoms with van der Waals surface area (Å²) < 4.78 is 16.2. The lowest BCUT2D eigenvalue weighted by Crippen LogP contribution is -3.27. The highest BCUT2D eigenvalue weighted by Crippen LogP contribution is 2.36. The fourth-order valence-electron chi connectivity index (χ4n) is 4.01. The maximum atomic E-state index is 12.9. The number of quaternary nitrogens is 2. The molecular weight excluding hydrogens is 376 g/mol. The van der Waals surface area contributed by atoms with Gasteiger partial charge in [-0.2, -0.15) is 0 Å². The first-order valence-corrected chi connectivity index (χ1v) is 10.1. The smallest absolute Gasteiger partial charge is 0.338 e. The number of rotatable bonds is 5. The lowest BCUT2D eigenvalue weighted by Gasteiger charge is -2.32. The Labute approximate surface area is 169 Å². The van der Waals surface area contributed by atoms with Crippen LogP contribution in [0.25, 0.3) is 0 Å². The summed E-state index contributed by atoms with van der Waals surface area (Å²) in [4.78, 5) is 28.2. The molecule has 0 aromatic heterocycles. The van der Waals surface area contributed by atoms with Crippen molar-refractivity contribution in [2.75, 3.05) is 53.2 Å². The number of carbonyl (C=O) groups excluding carboxylic acids is 2. The molecule has 3 aliphatic rings. The van der Waals surface area contributed by atoms with Gasteiger partial charge in [0.15, 0.2) is 11.5 Å². The van der Waals surface area contributed by atoms with Crippen LogP contribution in [-0.4, -0.2) is 65.2 Å². The van der Waals surface area contributed by atoms with E-state index in [1.165, 1.54) is 9.80 Å². The van der Waals surface area contributed by atoms with E-state index in [0.717, 1.165) is 31.7 Å². The van der Waals surface area contributed by atoms with E-state index in [1.54, 1.807) is 13.0 Å². The minimum absolute atomic E-state index is 0.165. The molecular formula is C20H28N4O5+2. The zero-order chi connectivity index (χ0) is 20.4. The molecule has 4 rings (SSSR count). The van der Waals surface area contributed by atoms with Crippen molar-refractivity contribution in [2.45, 2.75) is 13.0 Å². The summed E-state index contributed by atoms with van der Waals surface area (Å²) in [5.41, 5.74) is 1.83. The van der Waals surface area contributed by atoms with Gasteiger partial charge in [0.25, 0.3) is 0 Å². The second-order valence-electron chi connectivity index (χ2n) is 7.64. The number of urea groups is 1. The van der Waals surface area contributed by atoms with Crippen molar-refractivity contribution < 1.29 is 33.6 Å². The average molecular weight is 404 g/mol. The second-order valence-corrected chi connectivity index (χ2v) is 7.64. The number of carbonyl (C=O) groups is 2.